The molecule has 0 aliphatic heterocycles. The van der Waals surface area contributed by atoms with E-state index in [4.69, 9.17) is 4.42 Å². The minimum atomic E-state index is -1.07. The zero-order chi connectivity index (χ0) is 33.2. The normalized spacial score (nSPS) is 23.5. The number of aryl methyl sites for hydroxylation is 1. The first kappa shape index (κ1) is 32.3. The number of hydrogen-bond donors (Lipinski definition) is 2. The summed E-state index contributed by atoms with van der Waals surface area (Å²) in [5, 5.41) is 6.18. The molecule has 1 atom stereocenters. The Bertz CT molecular complexity index is 1740. The van der Waals surface area contributed by atoms with Crippen LogP contribution in [0.15, 0.2) is 64.0 Å². The van der Waals surface area contributed by atoms with Crippen LogP contribution in [0.25, 0.3) is 11.0 Å². The van der Waals surface area contributed by atoms with Gasteiger partial charge in [0.2, 0.25) is 11.8 Å². The number of aromatic nitrogens is 1. The molecule has 2 N–H and O–H groups in total. The molecule has 4 bridgehead atoms. The van der Waals surface area contributed by atoms with Crippen molar-refractivity contribution in [1.82, 2.24) is 14.8 Å². The molecule has 11 heteroatoms. The summed E-state index contributed by atoms with van der Waals surface area (Å²) in [6.45, 7) is 1.63. The van der Waals surface area contributed by atoms with Gasteiger partial charge in [-0.2, -0.15) is 0 Å². The summed E-state index contributed by atoms with van der Waals surface area (Å²) in [5.74, 6) is 0.850. The minimum absolute atomic E-state index is 0.00755. The first-order valence-electron chi connectivity index (χ1n) is 16.4. The number of fused-ring (bicyclic) bond motifs is 1. The fourth-order valence-corrected chi connectivity index (χ4v) is 8.32. The number of anilines is 1. The molecule has 7 rings (SSSR count). The molecule has 4 aliphatic rings. The average Bonchev–Trinajstić information content (AvgIpc) is 3.39. The SMILES string of the molecule is COC(=O)/C=C/CC[C@H](NC(=O)c1oc2ccccc2c1C)C(=O)Nc1cccn(CC(=O)N(C)C2C3CC4CC(C3)CC2C4)c1=O. The number of amides is 3. The third-order valence-electron chi connectivity index (χ3n) is 10.4. The maximum Gasteiger partial charge on any atom is 0.330 e. The molecule has 0 spiro atoms. The molecule has 3 aromatic rings. The van der Waals surface area contributed by atoms with Gasteiger partial charge in [-0.1, -0.05) is 24.3 Å². The molecule has 3 amide bonds. The van der Waals surface area contributed by atoms with Gasteiger partial charge in [-0.05, 0) is 93.7 Å². The van der Waals surface area contributed by atoms with Crippen molar-refractivity contribution in [3.8, 4) is 0 Å². The van der Waals surface area contributed by atoms with Gasteiger partial charge in [0.05, 0.1) is 7.11 Å². The number of benzene rings is 1. The molecule has 4 fully saturated rings. The highest BCUT2D eigenvalue weighted by Gasteiger charge is 2.50. The van der Waals surface area contributed by atoms with Crippen LogP contribution in [0.1, 0.15) is 61.1 Å². The highest BCUT2D eigenvalue weighted by molar-refractivity contribution is 6.03. The lowest BCUT2D eigenvalue weighted by Gasteiger charge is -2.56. The zero-order valence-electron chi connectivity index (χ0n) is 27.1. The summed E-state index contributed by atoms with van der Waals surface area (Å²) in [6.07, 6.45) is 10.8. The van der Waals surface area contributed by atoms with Crippen molar-refractivity contribution >= 4 is 40.3 Å². The smallest absolute Gasteiger partial charge is 0.330 e. The molecule has 4 saturated carbocycles. The Morgan fingerprint density at radius 2 is 1.74 bits per heavy atom. The molecule has 248 valence electrons. The van der Waals surface area contributed by atoms with Gasteiger partial charge in [-0.15, -0.1) is 0 Å². The van der Waals surface area contributed by atoms with Crippen LogP contribution in [0.2, 0.25) is 0 Å². The van der Waals surface area contributed by atoms with E-state index in [0.717, 1.165) is 17.2 Å². The van der Waals surface area contributed by atoms with Crippen LogP contribution in [-0.2, 0) is 25.7 Å². The summed E-state index contributed by atoms with van der Waals surface area (Å²) in [7, 11) is 3.12. The number of ether oxygens (including phenoxy) is 1. The van der Waals surface area contributed by atoms with Crippen molar-refractivity contribution in [3.05, 3.63) is 76.4 Å². The number of carbonyl (C=O) groups excluding carboxylic acids is 4. The van der Waals surface area contributed by atoms with Crippen molar-refractivity contribution in [2.45, 2.75) is 70.5 Å². The fourth-order valence-electron chi connectivity index (χ4n) is 8.32. The molecule has 0 radical (unpaired) electrons. The lowest BCUT2D eigenvalue weighted by atomic mass is 9.54. The quantitative estimate of drug-likeness (QED) is 0.233. The van der Waals surface area contributed by atoms with Gasteiger partial charge >= 0.3 is 5.97 Å². The molecule has 0 saturated heterocycles. The van der Waals surface area contributed by atoms with E-state index < -0.39 is 29.4 Å². The van der Waals surface area contributed by atoms with Crippen LogP contribution in [0.5, 0.6) is 0 Å². The maximum absolute atomic E-state index is 13.6. The Labute approximate surface area is 273 Å². The van der Waals surface area contributed by atoms with E-state index in [2.05, 4.69) is 15.4 Å². The number of esters is 1. The molecule has 1 aromatic carbocycles. The maximum atomic E-state index is 13.6. The second-order valence-corrected chi connectivity index (χ2v) is 13.4. The number of para-hydroxylation sites is 1. The first-order chi connectivity index (χ1) is 22.6. The molecule has 0 unspecified atom stereocenters. The fraction of sp³-hybridized carbons (Fsp3) is 0.472. The standard InChI is InChI=1S/C36H42N4O7/c1-21-26-9-4-6-12-29(26)47-33(21)35(44)37-27(10-5-7-13-31(42)46-3)34(43)38-28-11-8-14-40(36(28)45)20-30(41)39(2)32-24-16-22-15-23(18-24)19-25(32)17-22/h4,6-9,11-14,22-25,27,32H,5,10,15-20H2,1-3H3,(H,37,44)(H,38,43)/b13-7+/t22?,23?,24?,25?,27-,32?/m0/s1. The molecule has 2 aromatic heterocycles. The Morgan fingerprint density at radius 3 is 2.43 bits per heavy atom. The van der Waals surface area contributed by atoms with Gasteiger partial charge < -0.3 is 29.3 Å². The van der Waals surface area contributed by atoms with Crippen LogP contribution in [0.3, 0.4) is 0 Å². The Balaban J connectivity index is 1.15. The lowest BCUT2D eigenvalue weighted by molar-refractivity contribution is -0.141. The minimum Gasteiger partial charge on any atom is -0.466 e. The topological polar surface area (TPSA) is 140 Å². The largest absolute Gasteiger partial charge is 0.466 e. The van der Waals surface area contributed by atoms with E-state index in [-0.39, 0.29) is 42.8 Å². The van der Waals surface area contributed by atoms with Crippen molar-refractivity contribution in [2.24, 2.45) is 23.7 Å². The van der Waals surface area contributed by atoms with Crippen LogP contribution in [-0.4, -0.2) is 59.4 Å². The van der Waals surface area contributed by atoms with Crippen LogP contribution in [0, 0.1) is 30.6 Å². The van der Waals surface area contributed by atoms with Crippen molar-refractivity contribution in [1.29, 1.82) is 0 Å². The van der Waals surface area contributed by atoms with E-state index >= 15 is 0 Å². The van der Waals surface area contributed by atoms with E-state index in [9.17, 15) is 24.0 Å². The highest BCUT2D eigenvalue weighted by atomic mass is 16.5. The van der Waals surface area contributed by atoms with Crippen molar-refractivity contribution in [3.63, 3.8) is 0 Å². The van der Waals surface area contributed by atoms with E-state index in [0.29, 0.717) is 23.0 Å². The van der Waals surface area contributed by atoms with Crippen molar-refractivity contribution < 1.29 is 28.3 Å². The molecular formula is C36H42N4O7. The van der Waals surface area contributed by atoms with Gasteiger partial charge in [-0.25, -0.2) is 4.79 Å². The number of pyridine rings is 1. The summed E-state index contributed by atoms with van der Waals surface area (Å²) < 4.78 is 11.7. The van der Waals surface area contributed by atoms with Gasteiger partial charge in [0.1, 0.15) is 23.9 Å². The van der Waals surface area contributed by atoms with E-state index in [1.807, 2.05) is 24.1 Å². The number of likely N-dealkylation sites (N-methyl/N-ethyl adjacent to an activating group) is 1. The zero-order valence-corrected chi connectivity index (χ0v) is 27.1. The monoisotopic (exact) mass is 642 g/mol. The Hall–Kier alpha value is -4.67. The van der Waals surface area contributed by atoms with Gasteiger partial charge in [-0.3, -0.25) is 19.2 Å². The summed E-state index contributed by atoms with van der Waals surface area (Å²) in [6, 6.07) is 9.47. The molecule has 2 heterocycles. The number of rotatable bonds is 11. The van der Waals surface area contributed by atoms with Gasteiger partial charge in [0.25, 0.3) is 11.5 Å². The van der Waals surface area contributed by atoms with Gasteiger partial charge in [0.15, 0.2) is 5.76 Å². The Morgan fingerprint density at radius 1 is 1.04 bits per heavy atom. The predicted molar refractivity (Wildman–Crippen MR) is 176 cm³/mol. The number of hydrogen-bond acceptors (Lipinski definition) is 7. The molecule has 47 heavy (non-hydrogen) atoms. The second kappa shape index (κ2) is 13.6. The number of methoxy groups -OCH3 is 1. The number of nitrogens with zero attached hydrogens (tertiary/aromatic N) is 2. The third kappa shape index (κ3) is 6.75. The summed E-state index contributed by atoms with van der Waals surface area (Å²) >= 11 is 0. The number of furan rings is 1. The number of carbonyl (C=O) groups is 4. The van der Waals surface area contributed by atoms with Crippen molar-refractivity contribution in [2.75, 3.05) is 19.5 Å². The predicted octanol–water partition coefficient (Wildman–Crippen LogP) is 4.43. The van der Waals surface area contributed by atoms with Crippen LogP contribution >= 0.6 is 0 Å². The van der Waals surface area contributed by atoms with Crippen LogP contribution < -0.4 is 16.2 Å². The average molecular weight is 643 g/mol. The van der Waals surface area contributed by atoms with E-state index in [1.165, 1.54) is 55.9 Å². The molecular weight excluding hydrogens is 600 g/mol. The highest BCUT2D eigenvalue weighted by Crippen LogP contribution is 2.55. The van der Waals surface area contributed by atoms with Crippen LogP contribution in [0.4, 0.5) is 5.69 Å². The van der Waals surface area contributed by atoms with E-state index in [1.54, 1.807) is 37.4 Å². The van der Waals surface area contributed by atoms with Gasteiger partial charge in [0, 0.05) is 36.3 Å². The third-order valence-corrected chi connectivity index (χ3v) is 10.4. The Kier molecular flexibility index (Phi) is 9.33. The summed E-state index contributed by atoms with van der Waals surface area (Å²) in [4.78, 5) is 67.2. The molecule has 4 aliphatic carbocycles. The number of nitrogens with one attached hydrogen (secondary N) is 2. The number of allylic oxidation sites excluding steroid dienone is 1. The lowest BCUT2D eigenvalue weighted by Crippen LogP contribution is -2.56. The summed E-state index contributed by atoms with van der Waals surface area (Å²) in [5.41, 5.74) is 0.658. The molecule has 11 nitrogen and oxygen atoms in total. The second-order valence-electron chi connectivity index (χ2n) is 13.4. The first-order valence-corrected chi connectivity index (χ1v) is 16.4.